The number of aryl methyl sites for hydroxylation is 1. The Bertz CT molecular complexity index is 464. The number of urea groups is 1. The fourth-order valence-corrected chi connectivity index (χ4v) is 1.96. The lowest BCUT2D eigenvalue weighted by molar-refractivity contribution is 0.247. The predicted octanol–water partition coefficient (Wildman–Crippen LogP) is 3.18. The number of nitrogens with one attached hydrogen (secondary N) is 2. The number of amides is 2. The summed E-state index contributed by atoms with van der Waals surface area (Å²) >= 11 is 0. The van der Waals surface area contributed by atoms with Crippen LogP contribution in [0.3, 0.4) is 0 Å². The van der Waals surface area contributed by atoms with Gasteiger partial charge in [0.2, 0.25) is 0 Å². The highest BCUT2D eigenvalue weighted by Gasteiger charge is 2.13. The van der Waals surface area contributed by atoms with E-state index in [0.29, 0.717) is 6.54 Å². The van der Waals surface area contributed by atoms with Crippen molar-refractivity contribution in [2.75, 3.05) is 18.5 Å². The largest absolute Gasteiger partial charge is 0.493 e. The zero-order chi connectivity index (χ0) is 13.9. The Morgan fingerprint density at radius 3 is 2.89 bits per heavy atom. The van der Waals surface area contributed by atoms with Crippen molar-refractivity contribution in [3.63, 3.8) is 0 Å². The highest BCUT2D eigenvalue weighted by atomic mass is 16.5. The van der Waals surface area contributed by atoms with Crippen LogP contribution in [0.5, 0.6) is 5.75 Å². The number of hydrogen-bond donors (Lipinski definition) is 2. The topological polar surface area (TPSA) is 50.4 Å². The second-order valence-corrected chi connectivity index (χ2v) is 6.14. The number of carbonyl (C=O) groups is 1. The van der Waals surface area contributed by atoms with Gasteiger partial charge in [0.1, 0.15) is 5.75 Å². The predicted molar refractivity (Wildman–Crippen MR) is 76.7 cm³/mol. The van der Waals surface area contributed by atoms with Gasteiger partial charge in [0, 0.05) is 12.2 Å². The van der Waals surface area contributed by atoms with Crippen molar-refractivity contribution in [2.24, 2.45) is 5.41 Å². The van der Waals surface area contributed by atoms with Crippen molar-refractivity contribution >= 4 is 11.7 Å². The Labute approximate surface area is 114 Å². The molecule has 4 heteroatoms. The molecule has 0 aromatic heterocycles. The number of ether oxygens (including phenoxy) is 1. The molecule has 0 fully saturated rings. The molecule has 2 rings (SSSR count). The third-order valence-electron chi connectivity index (χ3n) is 2.95. The fraction of sp³-hybridized carbons (Fsp3) is 0.533. The molecule has 0 bridgehead atoms. The maximum Gasteiger partial charge on any atom is 0.319 e. The van der Waals surface area contributed by atoms with E-state index in [4.69, 9.17) is 4.74 Å². The molecule has 2 amide bonds. The third kappa shape index (κ3) is 4.16. The second-order valence-electron chi connectivity index (χ2n) is 6.14. The summed E-state index contributed by atoms with van der Waals surface area (Å²) in [6, 6.07) is 5.63. The molecule has 0 saturated heterocycles. The summed E-state index contributed by atoms with van der Waals surface area (Å²) in [4.78, 5) is 11.8. The van der Waals surface area contributed by atoms with E-state index in [2.05, 4.69) is 31.4 Å². The van der Waals surface area contributed by atoms with E-state index >= 15 is 0 Å². The van der Waals surface area contributed by atoms with Crippen LogP contribution in [0, 0.1) is 5.41 Å². The minimum Gasteiger partial charge on any atom is -0.493 e. The van der Waals surface area contributed by atoms with Crippen LogP contribution in [0.1, 0.15) is 32.8 Å². The molecule has 1 aliphatic rings. The van der Waals surface area contributed by atoms with E-state index in [1.165, 1.54) is 5.56 Å². The molecule has 1 aromatic rings. The maximum absolute atomic E-state index is 11.8. The molecule has 0 atom stereocenters. The first-order valence-electron chi connectivity index (χ1n) is 6.75. The number of benzene rings is 1. The normalized spacial score (nSPS) is 14.3. The van der Waals surface area contributed by atoms with E-state index in [9.17, 15) is 4.79 Å². The lowest BCUT2D eigenvalue weighted by Crippen LogP contribution is -2.35. The monoisotopic (exact) mass is 262 g/mol. The van der Waals surface area contributed by atoms with Gasteiger partial charge in [0.15, 0.2) is 0 Å². The van der Waals surface area contributed by atoms with Crippen molar-refractivity contribution in [2.45, 2.75) is 33.6 Å². The first-order chi connectivity index (χ1) is 8.94. The third-order valence-corrected chi connectivity index (χ3v) is 2.95. The molecule has 19 heavy (non-hydrogen) atoms. The summed E-state index contributed by atoms with van der Waals surface area (Å²) in [5, 5.41) is 5.73. The van der Waals surface area contributed by atoms with Crippen LogP contribution in [-0.4, -0.2) is 19.2 Å². The molecule has 4 nitrogen and oxygen atoms in total. The standard InChI is InChI=1S/C15H22N2O2/c1-15(2,3)10-16-14(18)17-12-6-7-13-11(9-12)5-4-8-19-13/h6-7,9H,4-5,8,10H2,1-3H3,(H2,16,17,18). The first-order valence-corrected chi connectivity index (χ1v) is 6.75. The van der Waals surface area contributed by atoms with Crippen molar-refractivity contribution in [1.29, 1.82) is 0 Å². The van der Waals surface area contributed by atoms with E-state index in [1.807, 2.05) is 18.2 Å². The highest BCUT2D eigenvalue weighted by molar-refractivity contribution is 5.89. The number of carbonyl (C=O) groups excluding carboxylic acids is 1. The molecule has 0 aliphatic carbocycles. The Kier molecular flexibility index (Phi) is 3.98. The van der Waals surface area contributed by atoms with Gasteiger partial charge < -0.3 is 15.4 Å². The average Bonchev–Trinajstić information content (AvgIpc) is 2.35. The van der Waals surface area contributed by atoms with Crippen LogP contribution in [0.4, 0.5) is 10.5 Å². The molecule has 2 N–H and O–H groups in total. The molecule has 0 unspecified atom stereocenters. The molecular formula is C15H22N2O2. The highest BCUT2D eigenvalue weighted by Crippen LogP contribution is 2.27. The van der Waals surface area contributed by atoms with E-state index in [0.717, 1.165) is 30.9 Å². The van der Waals surface area contributed by atoms with Gasteiger partial charge in [-0.25, -0.2) is 4.79 Å². The maximum atomic E-state index is 11.8. The van der Waals surface area contributed by atoms with Crippen LogP contribution in [0.25, 0.3) is 0 Å². The van der Waals surface area contributed by atoms with Crippen LogP contribution in [0.15, 0.2) is 18.2 Å². The van der Waals surface area contributed by atoms with Crippen LogP contribution in [0.2, 0.25) is 0 Å². The lowest BCUT2D eigenvalue weighted by Gasteiger charge is -2.20. The van der Waals surface area contributed by atoms with Crippen molar-refractivity contribution < 1.29 is 9.53 Å². The lowest BCUT2D eigenvalue weighted by atomic mass is 9.97. The zero-order valence-corrected chi connectivity index (χ0v) is 11.9. The van der Waals surface area contributed by atoms with Gasteiger partial charge in [0.05, 0.1) is 6.61 Å². The molecule has 0 radical (unpaired) electrons. The van der Waals surface area contributed by atoms with Gasteiger partial charge in [-0.05, 0) is 42.0 Å². The molecule has 0 spiro atoms. The summed E-state index contributed by atoms with van der Waals surface area (Å²) < 4.78 is 5.55. The van der Waals surface area contributed by atoms with Gasteiger partial charge in [-0.1, -0.05) is 20.8 Å². The summed E-state index contributed by atoms with van der Waals surface area (Å²) in [7, 11) is 0. The van der Waals surface area contributed by atoms with Gasteiger partial charge in [0.25, 0.3) is 0 Å². The van der Waals surface area contributed by atoms with E-state index in [-0.39, 0.29) is 11.4 Å². The number of hydrogen-bond acceptors (Lipinski definition) is 2. The summed E-state index contributed by atoms with van der Waals surface area (Å²) in [6.07, 6.45) is 2.04. The van der Waals surface area contributed by atoms with Crippen LogP contribution >= 0.6 is 0 Å². The van der Waals surface area contributed by atoms with Gasteiger partial charge in [-0.15, -0.1) is 0 Å². The molecule has 104 valence electrons. The fourth-order valence-electron chi connectivity index (χ4n) is 1.96. The minimum atomic E-state index is -0.161. The van der Waals surface area contributed by atoms with Crippen LogP contribution in [-0.2, 0) is 6.42 Å². The van der Waals surface area contributed by atoms with Gasteiger partial charge in [-0.3, -0.25) is 0 Å². The Hall–Kier alpha value is -1.71. The Balaban J connectivity index is 1.94. The first kappa shape index (κ1) is 13.7. The number of rotatable bonds is 2. The number of anilines is 1. The molecule has 1 heterocycles. The zero-order valence-electron chi connectivity index (χ0n) is 11.9. The van der Waals surface area contributed by atoms with Crippen LogP contribution < -0.4 is 15.4 Å². The molecule has 1 aliphatic heterocycles. The summed E-state index contributed by atoms with van der Waals surface area (Å²) in [6.45, 7) is 7.69. The van der Waals surface area contributed by atoms with Crippen molar-refractivity contribution in [3.05, 3.63) is 23.8 Å². The van der Waals surface area contributed by atoms with Crippen molar-refractivity contribution in [1.82, 2.24) is 5.32 Å². The molecule has 1 aromatic carbocycles. The Morgan fingerprint density at radius 2 is 2.16 bits per heavy atom. The second kappa shape index (κ2) is 5.51. The SMILES string of the molecule is CC(C)(C)CNC(=O)Nc1ccc2c(c1)CCCO2. The quantitative estimate of drug-likeness (QED) is 0.860. The molecular weight excluding hydrogens is 240 g/mol. The molecule has 0 saturated carbocycles. The van der Waals surface area contributed by atoms with E-state index < -0.39 is 0 Å². The minimum absolute atomic E-state index is 0.0844. The van der Waals surface area contributed by atoms with E-state index in [1.54, 1.807) is 0 Å². The summed E-state index contributed by atoms with van der Waals surface area (Å²) in [5.41, 5.74) is 2.07. The number of fused-ring (bicyclic) bond motifs is 1. The van der Waals surface area contributed by atoms with Gasteiger partial charge >= 0.3 is 6.03 Å². The smallest absolute Gasteiger partial charge is 0.319 e. The summed E-state index contributed by atoms with van der Waals surface area (Å²) in [5.74, 6) is 0.937. The Morgan fingerprint density at radius 1 is 1.37 bits per heavy atom. The average molecular weight is 262 g/mol. The van der Waals surface area contributed by atoms with Crippen molar-refractivity contribution in [3.8, 4) is 5.75 Å². The van der Waals surface area contributed by atoms with Gasteiger partial charge in [-0.2, -0.15) is 0 Å².